The summed E-state index contributed by atoms with van der Waals surface area (Å²) in [5, 5.41) is 15.6. The summed E-state index contributed by atoms with van der Waals surface area (Å²) in [4.78, 5) is 21.1. The molecule has 0 aliphatic heterocycles. The van der Waals surface area contributed by atoms with E-state index in [0.29, 0.717) is 24.6 Å². The van der Waals surface area contributed by atoms with Crippen LogP contribution in [-0.4, -0.2) is 27.3 Å². The second kappa shape index (κ2) is 7.44. The number of ether oxygens (including phenoxy) is 1. The first-order valence-corrected chi connectivity index (χ1v) is 7.76. The maximum absolute atomic E-state index is 10.9. The van der Waals surface area contributed by atoms with Crippen molar-refractivity contribution in [1.82, 2.24) is 9.78 Å². The van der Waals surface area contributed by atoms with E-state index in [4.69, 9.17) is 16.3 Å². The summed E-state index contributed by atoms with van der Waals surface area (Å²) in [6.45, 7) is 5.92. The standard InChI is InChI=1S/C16H18ClN3O4/c1-10-15(6-7-24-12(3)21)11(2)19(18-10)9-13-4-5-14(20(22)23)8-16(13)17/h4-5,8H,6-7,9H2,1-3H3. The largest absolute Gasteiger partial charge is 0.466 e. The van der Waals surface area contributed by atoms with Gasteiger partial charge in [-0.3, -0.25) is 19.6 Å². The molecule has 24 heavy (non-hydrogen) atoms. The molecule has 1 aromatic heterocycles. The van der Waals surface area contributed by atoms with Crippen LogP contribution in [0.3, 0.4) is 0 Å². The number of hydrogen-bond donors (Lipinski definition) is 0. The van der Waals surface area contributed by atoms with E-state index in [1.807, 2.05) is 13.8 Å². The molecule has 1 aromatic carbocycles. The summed E-state index contributed by atoms with van der Waals surface area (Å²) in [6.07, 6.45) is 0.589. The van der Waals surface area contributed by atoms with Crippen molar-refractivity contribution >= 4 is 23.3 Å². The predicted molar refractivity (Wildman–Crippen MR) is 89.2 cm³/mol. The third-order valence-electron chi connectivity index (χ3n) is 3.76. The molecule has 2 rings (SSSR count). The highest BCUT2D eigenvalue weighted by Crippen LogP contribution is 2.24. The first kappa shape index (κ1) is 17.9. The van der Waals surface area contributed by atoms with Gasteiger partial charge in [0.15, 0.2) is 0 Å². The summed E-state index contributed by atoms with van der Waals surface area (Å²) < 4.78 is 6.77. The lowest BCUT2D eigenvalue weighted by atomic mass is 10.1. The van der Waals surface area contributed by atoms with Gasteiger partial charge in [-0.05, 0) is 31.0 Å². The van der Waals surface area contributed by atoms with Crippen molar-refractivity contribution in [2.75, 3.05) is 6.61 Å². The molecular weight excluding hydrogens is 334 g/mol. The van der Waals surface area contributed by atoms with Crippen molar-refractivity contribution in [2.24, 2.45) is 0 Å². The first-order chi connectivity index (χ1) is 11.3. The molecule has 128 valence electrons. The molecule has 0 atom stereocenters. The first-order valence-electron chi connectivity index (χ1n) is 7.38. The van der Waals surface area contributed by atoms with Crippen molar-refractivity contribution in [3.63, 3.8) is 0 Å². The second-order valence-corrected chi connectivity index (χ2v) is 5.84. The Balaban J connectivity index is 2.19. The molecule has 0 fully saturated rings. The number of rotatable bonds is 6. The third-order valence-corrected chi connectivity index (χ3v) is 4.11. The predicted octanol–water partition coefficient (Wildman–Crippen LogP) is 3.22. The zero-order chi connectivity index (χ0) is 17.9. The molecule has 7 nitrogen and oxygen atoms in total. The van der Waals surface area contributed by atoms with Crippen LogP contribution >= 0.6 is 11.6 Å². The Kier molecular flexibility index (Phi) is 5.56. The molecule has 1 heterocycles. The minimum atomic E-state index is -0.480. The van der Waals surface area contributed by atoms with Crippen molar-refractivity contribution in [2.45, 2.75) is 33.7 Å². The smallest absolute Gasteiger partial charge is 0.302 e. The lowest BCUT2D eigenvalue weighted by Crippen LogP contribution is -2.07. The van der Waals surface area contributed by atoms with E-state index in [-0.39, 0.29) is 11.7 Å². The number of non-ortho nitro benzene ring substituents is 1. The average molecular weight is 352 g/mol. The van der Waals surface area contributed by atoms with Gasteiger partial charge in [-0.15, -0.1) is 0 Å². The number of nitrogens with zero attached hydrogens (tertiary/aromatic N) is 3. The Morgan fingerprint density at radius 3 is 2.71 bits per heavy atom. The third kappa shape index (κ3) is 4.11. The van der Waals surface area contributed by atoms with Crippen molar-refractivity contribution in [3.05, 3.63) is 55.9 Å². The minimum absolute atomic E-state index is 0.0424. The van der Waals surface area contributed by atoms with Crippen LogP contribution in [0, 0.1) is 24.0 Å². The molecule has 0 unspecified atom stereocenters. The Labute approximate surface area is 144 Å². The normalized spacial score (nSPS) is 10.7. The van der Waals surface area contributed by atoms with Gasteiger partial charge < -0.3 is 4.74 Å². The van der Waals surface area contributed by atoms with Crippen molar-refractivity contribution in [1.29, 1.82) is 0 Å². The number of carbonyl (C=O) groups excluding carboxylic acids is 1. The molecule has 0 saturated heterocycles. The summed E-state index contributed by atoms with van der Waals surface area (Å²) in [7, 11) is 0. The fourth-order valence-corrected chi connectivity index (χ4v) is 2.72. The molecule has 0 radical (unpaired) electrons. The van der Waals surface area contributed by atoms with Gasteiger partial charge in [0.25, 0.3) is 5.69 Å². The highest BCUT2D eigenvalue weighted by Gasteiger charge is 2.15. The van der Waals surface area contributed by atoms with E-state index < -0.39 is 4.92 Å². The Morgan fingerprint density at radius 2 is 2.12 bits per heavy atom. The monoisotopic (exact) mass is 351 g/mol. The van der Waals surface area contributed by atoms with Crippen LogP contribution in [0.5, 0.6) is 0 Å². The van der Waals surface area contributed by atoms with Crippen molar-refractivity contribution < 1.29 is 14.5 Å². The van der Waals surface area contributed by atoms with E-state index >= 15 is 0 Å². The summed E-state index contributed by atoms with van der Waals surface area (Å²) in [5.74, 6) is -0.310. The summed E-state index contributed by atoms with van der Waals surface area (Å²) in [6, 6.07) is 4.40. The van der Waals surface area contributed by atoms with E-state index in [1.54, 1.807) is 10.7 Å². The van der Waals surface area contributed by atoms with Crippen LogP contribution < -0.4 is 0 Å². The molecule has 0 bridgehead atoms. The molecule has 0 N–H and O–H groups in total. The Bertz CT molecular complexity index is 786. The van der Waals surface area contributed by atoms with Gasteiger partial charge in [0, 0.05) is 31.2 Å². The highest BCUT2D eigenvalue weighted by atomic mass is 35.5. The maximum Gasteiger partial charge on any atom is 0.302 e. The maximum atomic E-state index is 10.9. The highest BCUT2D eigenvalue weighted by molar-refractivity contribution is 6.31. The van der Waals surface area contributed by atoms with Gasteiger partial charge in [-0.1, -0.05) is 11.6 Å². The van der Waals surface area contributed by atoms with Crippen LogP contribution in [0.2, 0.25) is 5.02 Å². The number of nitro benzene ring substituents is 1. The average Bonchev–Trinajstić information content (AvgIpc) is 2.76. The Morgan fingerprint density at radius 1 is 1.42 bits per heavy atom. The molecular formula is C16H18ClN3O4. The van der Waals surface area contributed by atoms with E-state index in [2.05, 4.69) is 5.10 Å². The topological polar surface area (TPSA) is 87.3 Å². The fraction of sp³-hybridized carbons (Fsp3) is 0.375. The summed E-state index contributed by atoms with van der Waals surface area (Å²) >= 11 is 6.14. The van der Waals surface area contributed by atoms with Gasteiger partial charge in [0.2, 0.25) is 0 Å². The SMILES string of the molecule is CC(=O)OCCc1c(C)nn(Cc2ccc([N+](=O)[O-])cc2Cl)c1C. The summed E-state index contributed by atoms with van der Waals surface area (Å²) in [5.41, 5.74) is 3.54. The Hall–Kier alpha value is -2.41. The van der Waals surface area contributed by atoms with E-state index in [1.165, 1.54) is 19.1 Å². The molecule has 0 saturated carbocycles. The van der Waals surface area contributed by atoms with Crippen LogP contribution in [-0.2, 0) is 22.5 Å². The molecule has 0 aliphatic carbocycles. The lowest BCUT2D eigenvalue weighted by Gasteiger charge is -2.08. The van der Waals surface area contributed by atoms with E-state index in [0.717, 1.165) is 22.5 Å². The molecule has 0 amide bonds. The molecule has 8 heteroatoms. The van der Waals surface area contributed by atoms with Crippen molar-refractivity contribution in [3.8, 4) is 0 Å². The quantitative estimate of drug-likeness (QED) is 0.453. The number of hydrogen-bond acceptors (Lipinski definition) is 5. The fourth-order valence-electron chi connectivity index (χ4n) is 2.49. The van der Waals surface area contributed by atoms with Gasteiger partial charge in [0.1, 0.15) is 0 Å². The number of carbonyl (C=O) groups is 1. The van der Waals surface area contributed by atoms with Crippen LogP contribution in [0.15, 0.2) is 18.2 Å². The van der Waals surface area contributed by atoms with Crippen LogP contribution in [0.25, 0.3) is 0 Å². The lowest BCUT2D eigenvalue weighted by molar-refractivity contribution is -0.384. The van der Waals surface area contributed by atoms with Gasteiger partial charge >= 0.3 is 5.97 Å². The zero-order valence-electron chi connectivity index (χ0n) is 13.7. The molecule has 2 aromatic rings. The number of benzene rings is 1. The van der Waals surface area contributed by atoms with Crippen LogP contribution in [0.4, 0.5) is 5.69 Å². The number of halogens is 1. The van der Waals surface area contributed by atoms with Crippen LogP contribution in [0.1, 0.15) is 29.4 Å². The van der Waals surface area contributed by atoms with E-state index in [9.17, 15) is 14.9 Å². The number of nitro groups is 1. The number of aromatic nitrogens is 2. The minimum Gasteiger partial charge on any atom is -0.466 e. The number of esters is 1. The van der Waals surface area contributed by atoms with Gasteiger partial charge in [-0.2, -0.15) is 5.10 Å². The number of aryl methyl sites for hydroxylation is 1. The van der Waals surface area contributed by atoms with Gasteiger partial charge in [-0.25, -0.2) is 0 Å². The molecule has 0 spiro atoms. The second-order valence-electron chi connectivity index (χ2n) is 5.43. The zero-order valence-corrected chi connectivity index (χ0v) is 14.5. The van der Waals surface area contributed by atoms with Gasteiger partial charge in [0.05, 0.1) is 28.8 Å². The molecule has 0 aliphatic rings.